The van der Waals surface area contributed by atoms with E-state index in [1.165, 1.54) is 6.07 Å². The van der Waals surface area contributed by atoms with Gasteiger partial charge in [0.2, 0.25) is 5.91 Å². The predicted molar refractivity (Wildman–Crippen MR) is 92.6 cm³/mol. The highest BCUT2D eigenvalue weighted by Crippen LogP contribution is 2.46. The van der Waals surface area contributed by atoms with Crippen molar-refractivity contribution < 1.29 is 9.18 Å². The molecule has 2 aromatic carbocycles. The van der Waals surface area contributed by atoms with Crippen LogP contribution in [0, 0.1) is 5.82 Å². The van der Waals surface area contributed by atoms with Crippen molar-refractivity contribution in [3.05, 3.63) is 52.8 Å². The van der Waals surface area contributed by atoms with E-state index in [-0.39, 0.29) is 11.6 Å². The number of hydrogen-bond acceptors (Lipinski definition) is 3. The fourth-order valence-electron chi connectivity index (χ4n) is 4.00. The molecular weight excluding hydrogens is 305 g/mol. The Labute approximate surface area is 140 Å². The number of benzene rings is 2. The number of fused-ring (bicyclic) bond motifs is 3. The van der Waals surface area contributed by atoms with Crippen LogP contribution in [-0.4, -0.2) is 25.0 Å². The summed E-state index contributed by atoms with van der Waals surface area (Å²) in [6.07, 6.45) is 2.50. The zero-order valence-corrected chi connectivity index (χ0v) is 13.4. The molecule has 0 radical (unpaired) electrons. The molecule has 5 heteroatoms. The molecule has 0 unspecified atom stereocenters. The third-order valence-electron chi connectivity index (χ3n) is 5.05. The Bertz CT molecular complexity index is 834. The molecular formula is C19H20FN3O. The number of primary amides is 1. The summed E-state index contributed by atoms with van der Waals surface area (Å²) < 4.78 is 15.0. The number of amides is 1. The second kappa shape index (κ2) is 5.60. The number of carbonyl (C=O) groups is 1. The van der Waals surface area contributed by atoms with E-state index in [0.717, 1.165) is 41.6 Å². The molecule has 1 atom stereocenters. The molecule has 1 amide bonds. The van der Waals surface area contributed by atoms with E-state index in [2.05, 4.69) is 0 Å². The minimum absolute atomic E-state index is 0.0428. The topological polar surface area (TPSA) is 72.4 Å². The highest BCUT2D eigenvalue weighted by molar-refractivity contribution is 6.01. The zero-order chi connectivity index (χ0) is 16.8. The Morgan fingerprint density at radius 2 is 2.08 bits per heavy atom. The van der Waals surface area contributed by atoms with Gasteiger partial charge in [-0.15, -0.1) is 0 Å². The molecule has 0 bridgehead atoms. The molecule has 4 nitrogen and oxygen atoms in total. The van der Waals surface area contributed by atoms with Gasteiger partial charge in [-0.3, -0.25) is 4.79 Å². The molecule has 1 heterocycles. The minimum Gasteiger partial charge on any atom is -0.367 e. The van der Waals surface area contributed by atoms with E-state index < -0.39 is 11.7 Å². The first-order valence-corrected chi connectivity index (χ1v) is 8.30. The molecule has 1 fully saturated rings. The van der Waals surface area contributed by atoms with Crippen LogP contribution < -0.4 is 16.4 Å². The molecule has 1 saturated heterocycles. The van der Waals surface area contributed by atoms with Gasteiger partial charge in [0.15, 0.2) is 0 Å². The molecule has 4 N–H and O–H groups in total. The summed E-state index contributed by atoms with van der Waals surface area (Å²) in [5.41, 5.74) is 16.2. The molecule has 0 aromatic heterocycles. The first kappa shape index (κ1) is 15.1. The van der Waals surface area contributed by atoms with E-state index >= 15 is 0 Å². The molecule has 2 aliphatic rings. The summed E-state index contributed by atoms with van der Waals surface area (Å²) in [7, 11) is 0. The highest BCUT2D eigenvalue weighted by atomic mass is 19.1. The number of halogens is 1. The van der Waals surface area contributed by atoms with Crippen LogP contribution >= 0.6 is 0 Å². The number of rotatable bonds is 2. The van der Waals surface area contributed by atoms with Crippen molar-refractivity contribution in [3.63, 3.8) is 0 Å². The zero-order valence-electron chi connectivity index (χ0n) is 13.4. The lowest BCUT2D eigenvalue weighted by Gasteiger charge is -2.34. The summed E-state index contributed by atoms with van der Waals surface area (Å²) in [4.78, 5) is 13.8. The lowest BCUT2D eigenvalue weighted by molar-refractivity contribution is 0.0999. The summed E-state index contributed by atoms with van der Waals surface area (Å²) in [6, 6.07) is 9.24. The average molecular weight is 325 g/mol. The van der Waals surface area contributed by atoms with Gasteiger partial charge in [-0.1, -0.05) is 24.3 Å². The van der Waals surface area contributed by atoms with Gasteiger partial charge >= 0.3 is 0 Å². The number of nitrogens with two attached hydrogens (primary N) is 2. The van der Waals surface area contributed by atoms with Crippen LogP contribution in [0.2, 0.25) is 0 Å². The second-order valence-electron chi connectivity index (χ2n) is 6.65. The number of piperidine rings is 1. The second-order valence-corrected chi connectivity index (χ2v) is 6.65. The summed E-state index contributed by atoms with van der Waals surface area (Å²) in [5.74, 6) is -0.979. The van der Waals surface area contributed by atoms with Crippen LogP contribution in [0.5, 0.6) is 0 Å². The van der Waals surface area contributed by atoms with E-state index in [1.54, 1.807) is 0 Å². The van der Waals surface area contributed by atoms with Crippen LogP contribution in [0.15, 0.2) is 30.3 Å². The first-order valence-electron chi connectivity index (χ1n) is 8.30. The van der Waals surface area contributed by atoms with Crippen molar-refractivity contribution in [2.24, 2.45) is 11.5 Å². The lowest BCUT2D eigenvalue weighted by Crippen LogP contribution is -2.43. The summed E-state index contributed by atoms with van der Waals surface area (Å²) in [5, 5.41) is 0. The van der Waals surface area contributed by atoms with Gasteiger partial charge in [-0.2, -0.15) is 0 Å². The van der Waals surface area contributed by atoms with Crippen LogP contribution in [-0.2, 0) is 6.42 Å². The van der Waals surface area contributed by atoms with Gasteiger partial charge in [0, 0.05) is 30.3 Å². The molecule has 4 rings (SSSR count). The standard InChI is InChI=1S/C19H20FN3O/c20-16-9-15(19(22)24)14-8-11-4-1-2-6-13(11)17(14)18(16)23-7-3-5-12(21)10-23/h1-2,4,6,9,12H,3,5,7-8,10,21H2,(H2,22,24)/t12-/m0/s1. The van der Waals surface area contributed by atoms with E-state index in [9.17, 15) is 9.18 Å². The smallest absolute Gasteiger partial charge is 0.249 e. The Morgan fingerprint density at radius 1 is 1.29 bits per heavy atom. The largest absolute Gasteiger partial charge is 0.367 e. The third-order valence-corrected chi connectivity index (χ3v) is 5.05. The van der Waals surface area contributed by atoms with E-state index in [0.29, 0.717) is 18.7 Å². The van der Waals surface area contributed by atoms with Gasteiger partial charge in [0.25, 0.3) is 0 Å². The van der Waals surface area contributed by atoms with Gasteiger partial charge in [0.05, 0.1) is 5.69 Å². The normalized spacial score (nSPS) is 19.1. The quantitative estimate of drug-likeness (QED) is 0.760. The molecule has 1 aliphatic carbocycles. The van der Waals surface area contributed by atoms with Crippen LogP contribution in [0.25, 0.3) is 11.1 Å². The molecule has 24 heavy (non-hydrogen) atoms. The molecule has 0 saturated carbocycles. The maximum Gasteiger partial charge on any atom is 0.249 e. The monoisotopic (exact) mass is 325 g/mol. The predicted octanol–water partition coefficient (Wildman–Crippen LogP) is 2.42. The van der Waals surface area contributed by atoms with Gasteiger partial charge < -0.3 is 16.4 Å². The number of hydrogen-bond donors (Lipinski definition) is 2. The van der Waals surface area contributed by atoms with E-state index in [4.69, 9.17) is 11.5 Å². The van der Waals surface area contributed by atoms with Crippen LogP contribution in [0.3, 0.4) is 0 Å². The Kier molecular flexibility index (Phi) is 3.53. The first-order chi connectivity index (χ1) is 11.6. The molecule has 2 aromatic rings. The third kappa shape index (κ3) is 2.27. The van der Waals surface area contributed by atoms with Crippen LogP contribution in [0.1, 0.15) is 34.3 Å². The maximum absolute atomic E-state index is 15.0. The molecule has 1 aliphatic heterocycles. The van der Waals surface area contributed by atoms with Crippen molar-refractivity contribution in [2.75, 3.05) is 18.0 Å². The fourth-order valence-corrected chi connectivity index (χ4v) is 4.00. The average Bonchev–Trinajstić information content (AvgIpc) is 2.93. The van der Waals surface area contributed by atoms with Crippen molar-refractivity contribution in [1.29, 1.82) is 0 Å². The Hall–Kier alpha value is -2.40. The Morgan fingerprint density at radius 3 is 2.83 bits per heavy atom. The number of nitrogens with zero attached hydrogens (tertiary/aromatic N) is 1. The fraction of sp³-hybridized carbons (Fsp3) is 0.316. The molecule has 124 valence electrons. The molecule has 0 spiro atoms. The number of carbonyl (C=O) groups excluding carboxylic acids is 1. The van der Waals surface area contributed by atoms with Crippen molar-refractivity contribution in [3.8, 4) is 11.1 Å². The van der Waals surface area contributed by atoms with Crippen LogP contribution in [0.4, 0.5) is 10.1 Å². The SMILES string of the molecule is NC(=O)c1cc(F)c(N2CCC[C@H](N)C2)c2c1Cc1ccccc1-2. The van der Waals surface area contributed by atoms with Crippen molar-refractivity contribution in [1.82, 2.24) is 0 Å². The van der Waals surface area contributed by atoms with Gasteiger partial charge in [-0.25, -0.2) is 4.39 Å². The van der Waals surface area contributed by atoms with Gasteiger partial charge in [-0.05, 0) is 42.0 Å². The highest BCUT2D eigenvalue weighted by Gasteiger charge is 2.31. The Balaban J connectivity index is 1.96. The van der Waals surface area contributed by atoms with Crippen molar-refractivity contribution in [2.45, 2.75) is 25.3 Å². The van der Waals surface area contributed by atoms with E-state index in [1.807, 2.05) is 29.2 Å². The summed E-state index contributed by atoms with van der Waals surface area (Å²) >= 11 is 0. The summed E-state index contributed by atoms with van der Waals surface area (Å²) in [6.45, 7) is 1.40. The maximum atomic E-state index is 15.0. The lowest BCUT2D eigenvalue weighted by atomic mass is 9.95. The minimum atomic E-state index is -0.583. The van der Waals surface area contributed by atoms with Crippen molar-refractivity contribution >= 4 is 11.6 Å². The van der Waals surface area contributed by atoms with Gasteiger partial charge in [0.1, 0.15) is 5.82 Å². The number of anilines is 1.